The molecule has 1 saturated carbocycles. The molecule has 1 aromatic rings. The standard InChI is InChI=1S/C17H28N2/c1-12-9-14(19(5)6)7-8-15(12)18-16-11-17(3,4)10-13(16)2/h7-9,13,16,18H,10-11H2,1-6H3. The van der Waals surface area contributed by atoms with Crippen molar-refractivity contribution in [2.45, 2.75) is 46.6 Å². The minimum Gasteiger partial charge on any atom is -0.382 e. The Hall–Kier alpha value is -1.18. The molecule has 2 atom stereocenters. The van der Waals surface area contributed by atoms with Crippen LogP contribution in [-0.2, 0) is 0 Å². The van der Waals surface area contributed by atoms with Crippen molar-refractivity contribution < 1.29 is 0 Å². The van der Waals surface area contributed by atoms with E-state index >= 15 is 0 Å². The summed E-state index contributed by atoms with van der Waals surface area (Å²) in [4.78, 5) is 2.15. The second kappa shape index (κ2) is 5.07. The fourth-order valence-electron chi connectivity index (χ4n) is 3.37. The van der Waals surface area contributed by atoms with E-state index in [0.717, 1.165) is 5.92 Å². The molecular weight excluding hydrogens is 232 g/mol. The zero-order valence-corrected chi connectivity index (χ0v) is 13.2. The van der Waals surface area contributed by atoms with Crippen LogP contribution in [0.2, 0.25) is 0 Å². The Morgan fingerprint density at radius 3 is 2.37 bits per heavy atom. The molecule has 0 aromatic heterocycles. The van der Waals surface area contributed by atoms with Crippen LogP contribution < -0.4 is 10.2 Å². The van der Waals surface area contributed by atoms with Gasteiger partial charge in [0.25, 0.3) is 0 Å². The van der Waals surface area contributed by atoms with E-state index in [1.807, 2.05) is 0 Å². The Morgan fingerprint density at radius 2 is 1.89 bits per heavy atom. The molecule has 19 heavy (non-hydrogen) atoms. The van der Waals surface area contributed by atoms with Crippen LogP contribution in [0.5, 0.6) is 0 Å². The van der Waals surface area contributed by atoms with E-state index in [9.17, 15) is 0 Å². The van der Waals surface area contributed by atoms with E-state index in [1.165, 1.54) is 29.8 Å². The van der Waals surface area contributed by atoms with Gasteiger partial charge in [0.2, 0.25) is 0 Å². The third-order valence-electron chi connectivity index (χ3n) is 4.40. The number of hydrogen-bond donors (Lipinski definition) is 1. The number of rotatable bonds is 3. The first-order valence-electron chi connectivity index (χ1n) is 7.33. The van der Waals surface area contributed by atoms with Crippen molar-refractivity contribution in [1.82, 2.24) is 0 Å². The van der Waals surface area contributed by atoms with Crippen LogP contribution in [0.4, 0.5) is 11.4 Å². The van der Waals surface area contributed by atoms with Gasteiger partial charge in [0, 0.05) is 31.5 Å². The maximum absolute atomic E-state index is 3.76. The van der Waals surface area contributed by atoms with Crippen molar-refractivity contribution in [1.29, 1.82) is 0 Å². The quantitative estimate of drug-likeness (QED) is 0.871. The van der Waals surface area contributed by atoms with Gasteiger partial charge in [0.15, 0.2) is 0 Å². The molecule has 0 aliphatic heterocycles. The third kappa shape index (κ3) is 3.23. The molecule has 106 valence electrons. The Morgan fingerprint density at radius 1 is 1.21 bits per heavy atom. The molecule has 1 N–H and O–H groups in total. The van der Waals surface area contributed by atoms with Crippen LogP contribution in [0.15, 0.2) is 18.2 Å². The van der Waals surface area contributed by atoms with E-state index in [0.29, 0.717) is 11.5 Å². The topological polar surface area (TPSA) is 15.3 Å². The van der Waals surface area contributed by atoms with Gasteiger partial charge < -0.3 is 10.2 Å². The summed E-state index contributed by atoms with van der Waals surface area (Å²) in [5.41, 5.74) is 4.38. The van der Waals surface area contributed by atoms with Gasteiger partial charge >= 0.3 is 0 Å². The van der Waals surface area contributed by atoms with Crippen LogP contribution in [-0.4, -0.2) is 20.1 Å². The summed E-state index contributed by atoms with van der Waals surface area (Å²) in [7, 11) is 4.17. The number of anilines is 2. The van der Waals surface area contributed by atoms with Crippen LogP contribution in [0, 0.1) is 18.3 Å². The fraction of sp³-hybridized carbons (Fsp3) is 0.647. The van der Waals surface area contributed by atoms with E-state index in [1.54, 1.807) is 0 Å². The molecule has 1 aromatic carbocycles. The zero-order valence-electron chi connectivity index (χ0n) is 13.2. The average Bonchev–Trinajstić information content (AvgIpc) is 2.54. The van der Waals surface area contributed by atoms with Gasteiger partial charge in [-0.25, -0.2) is 0 Å². The van der Waals surface area contributed by atoms with Gasteiger partial charge in [0.1, 0.15) is 0 Å². The van der Waals surface area contributed by atoms with E-state index < -0.39 is 0 Å². The molecule has 2 nitrogen and oxygen atoms in total. The largest absolute Gasteiger partial charge is 0.382 e. The summed E-state index contributed by atoms with van der Waals surface area (Å²) < 4.78 is 0. The van der Waals surface area contributed by atoms with Crippen LogP contribution in [0.1, 0.15) is 39.2 Å². The highest BCUT2D eigenvalue weighted by Gasteiger charge is 2.36. The Bertz CT molecular complexity index is 449. The molecule has 0 saturated heterocycles. The lowest BCUT2D eigenvalue weighted by molar-refractivity contribution is 0.366. The maximum atomic E-state index is 3.76. The summed E-state index contributed by atoms with van der Waals surface area (Å²) in [5.74, 6) is 0.753. The van der Waals surface area contributed by atoms with Crippen molar-refractivity contribution in [3.8, 4) is 0 Å². The lowest BCUT2D eigenvalue weighted by Crippen LogP contribution is -2.23. The Kier molecular flexibility index (Phi) is 3.80. The van der Waals surface area contributed by atoms with Crippen molar-refractivity contribution in [2.75, 3.05) is 24.3 Å². The van der Waals surface area contributed by atoms with Crippen molar-refractivity contribution >= 4 is 11.4 Å². The normalized spacial score (nSPS) is 25.4. The minimum atomic E-state index is 0.481. The molecule has 1 aliphatic rings. The highest BCUT2D eigenvalue weighted by atomic mass is 15.1. The SMILES string of the molecule is Cc1cc(N(C)C)ccc1NC1CC(C)(C)CC1C. The smallest absolute Gasteiger partial charge is 0.0373 e. The molecule has 2 unspecified atom stereocenters. The predicted octanol–water partition coefficient (Wildman–Crippen LogP) is 4.30. The molecule has 0 radical (unpaired) electrons. The molecule has 1 aliphatic carbocycles. The fourth-order valence-corrected chi connectivity index (χ4v) is 3.37. The lowest BCUT2D eigenvalue weighted by Gasteiger charge is -2.22. The maximum Gasteiger partial charge on any atom is 0.0373 e. The summed E-state index contributed by atoms with van der Waals surface area (Å²) in [6.45, 7) is 9.33. The monoisotopic (exact) mass is 260 g/mol. The number of nitrogens with zero attached hydrogens (tertiary/aromatic N) is 1. The van der Waals surface area contributed by atoms with Crippen LogP contribution >= 0.6 is 0 Å². The van der Waals surface area contributed by atoms with Gasteiger partial charge in [-0.1, -0.05) is 20.8 Å². The van der Waals surface area contributed by atoms with Gasteiger partial charge in [-0.2, -0.15) is 0 Å². The first-order valence-corrected chi connectivity index (χ1v) is 7.33. The number of nitrogens with one attached hydrogen (secondary N) is 1. The predicted molar refractivity (Wildman–Crippen MR) is 85.1 cm³/mol. The second-order valence-corrected chi connectivity index (χ2v) is 7.19. The summed E-state index contributed by atoms with van der Waals surface area (Å²) in [6, 6.07) is 7.29. The molecule has 0 heterocycles. The molecule has 0 bridgehead atoms. The molecule has 0 spiro atoms. The third-order valence-corrected chi connectivity index (χ3v) is 4.40. The number of hydrogen-bond acceptors (Lipinski definition) is 2. The molecule has 0 amide bonds. The molecular formula is C17H28N2. The lowest BCUT2D eigenvalue weighted by atomic mass is 9.91. The highest BCUT2D eigenvalue weighted by Crippen LogP contribution is 2.42. The Labute approximate surface area is 118 Å². The summed E-state index contributed by atoms with van der Waals surface area (Å²) in [6.07, 6.45) is 2.59. The van der Waals surface area contributed by atoms with Gasteiger partial charge in [-0.05, 0) is 54.9 Å². The number of aryl methyl sites for hydroxylation is 1. The van der Waals surface area contributed by atoms with E-state index in [4.69, 9.17) is 0 Å². The molecule has 2 rings (SSSR count). The van der Waals surface area contributed by atoms with Gasteiger partial charge in [0.05, 0.1) is 0 Å². The van der Waals surface area contributed by atoms with Crippen molar-refractivity contribution in [3.05, 3.63) is 23.8 Å². The van der Waals surface area contributed by atoms with Gasteiger partial charge in [-0.15, -0.1) is 0 Å². The number of benzene rings is 1. The Balaban J connectivity index is 2.12. The van der Waals surface area contributed by atoms with Crippen LogP contribution in [0.25, 0.3) is 0 Å². The van der Waals surface area contributed by atoms with Crippen molar-refractivity contribution in [3.63, 3.8) is 0 Å². The first kappa shape index (κ1) is 14.2. The zero-order chi connectivity index (χ0) is 14.2. The van der Waals surface area contributed by atoms with Gasteiger partial charge in [-0.3, -0.25) is 0 Å². The van der Waals surface area contributed by atoms with Crippen LogP contribution in [0.3, 0.4) is 0 Å². The summed E-state index contributed by atoms with van der Waals surface area (Å²) >= 11 is 0. The first-order chi connectivity index (χ1) is 8.78. The molecule has 2 heteroatoms. The minimum absolute atomic E-state index is 0.481. The van der Waals surface area contributed by atoms with E-state index in [2.05, 4.69) is 70.2 Å². The summed E-state index contributed by atoms with van der Waals surface area (Å²) in [5, 5.41) is 3.76. The van der Waals surface area contributed by atoms with Crippen molar-refractivity contribution in [2.24, 2.45) is 11.3 Å². The average molecular weight is 260 g/mol. The second-order valence-electron chi connectivity index (χ2n) is 7.19. The highest BCUT2D eigenvalue weighted by molar-refractivity contribution is 5.60. The van der Waals surface area contributed by atoms with E-state index in [-0.39, 0.29) is 0 Å². The molecule has 1 fully saturated rings.